The lowest BCUT2D eigenvalue weighted by Crippen LogP contribution is -2.49. The fraction of sp³-hybridized carbons (Fsp3) is 0.400. The van der Waals surface area contributed by atoms with Crippen LogP contribution >= 0.6 is 15.9 Å². The summed E-state index contributed by atoms with van der Waals surface area (Å²) >= 11 is 3.50. The number of aromatic nitrogens is 2. The van der Waals surface area contributed by atoms with E-state index in [1.165, 1.54) is 0 Å². The lowest BCUT2D eigenvalue weighted by molar-refractivity contribution is 0.0904. The Morgan fingerprint density at radius 1 is 1.20 bits per heavy atom. The van der Waals surface area contributed by atoms with Crippen LogP contribution in [-0.4, -0.2) is 26.7 Å². The number of nitrogens with one attached hydrogen (secondary N) is 1. The number of amides is 1. The molecule has 0 atom stereocenters. The van der Waals surface area contributed by atoms with E-state index in [0.29, 0.717) is 5.56 Å². The van der Waals surface area contributed by atoms with Crippen LogP contribution in [0.25, 0.3) is 11.0 Å². The highest BCUT2D eigenvalue weighted by molar-refractivity contribution is 9.09. The molecule has 1 N–H and O–H groups in total. The molecule has 0 saturated heterocycles. The number of halogens is 1. The SMILES string of the molecule is CCC(CC)(CBr)NC(=O)c1ccc2nccnc2c1. The predicted molar refractivity (Wildman–Crippen MR) is 84.1 cm³/mol. The number of benzene rings is 1. The third kappa shape index (κ3) is 2.98. The fourth-order valence-corrected chi connectivity index (χ4v) is 3.00. The third-order valence-electron chi connectivity index (χ3n) is 3.72. The molecule has 0 radical (unpaired) electrons. The number of fused-ring (bicyclic) bond motifs is 1. The average molecular weight is 336 g/mol. The van der Waals surface area contributed by atoms with Gasteiger partial charge < -0.3 is 5.32 Å². The molecular formula is C15H18BrN3O. The normalized spacial score (nSPS) is 11.6. The summed E-state index contributed by atoms with van der Waals surface area (Å²) in [6, 6.07) is 5.39. The number of carbonyl (C=O) groups is 1. The first-order valence-corrected chi connectivity index (χ1v) is 7.85. The predicted octanol–water partition coefficient (Wildman–Crippen LogP) is 3.31. The van der Waals surface area contributed by atoms with Crippen molar-refractivity contribution in [2.75, 3.05) is 5.33 Å². The molecule has 0 aliphatic heterocycles. The maximum absolute atomic E-state index is 12.4. The van der Waals surface area contributed by atoms with E-state index in [2.05, 4.69) is 45.1 Å². The highest BCUT2D eigenvalue weighted by atomic mass is 79.9. The number of hydrogen-bond acceptors (Lipinski definition) is 3. The van der Waals surface area contributed by atoms with Crippen LogP contribution < -0.4 is 5.32 Å². The maximum Gasteiger partial charge on any atom is 0.251 e. The van der Waals surface area contributed by atoms with Gasteiger partial charge >= 0.3 is 0 Å². The smallest absolute Gasteiger partial charge is 0.251 e. The topological polar surface area (TPSA) is 54.9 Å². The Labute approximate surface area is 127 Å². The van der Waals surface area contributed by atoms with Crippen LogP contribution in [0.4, 0.5) is 0 Å². The molecule has 20 heavy (non-hydrogen) atoms. The summed E-state index contributed by atoms with van der Waals surface area (Å²) in [5, 5.41) is 3.87. The molecule has 1 amide bonds. The van der Waals surface area contributed by atoms with Crippen LogP contribution in [0.15, 0.2) is 30.6 Å². The summed E-state index contributed by atoms with van der Waals surface area (Å²) in [6.45, 7) is 4.16. The highest BCUT2D eigenvalue weighted by Crippen LogP contribution is 2.19. The molecule has 0 aliphatic carbocycles. The van der Waals surface area contributed by atoms with Gasteiger partial charge in [0.05, 0.1) is 11.0 Å². The summed E-state index contributed by atoms with van der Waals surface area (Å²) in [4.78, 5) is 20.8. The van der Waals surface area contributed by atoms with Gasteiger partial charge in [-0.3, -0.25) is 14.8 Å². The number of hydrogen-bond donors (Lipinski definition) is 1. The molecule has 0 aliphatic rings. The zero-order valence-corrected chi connectivity index (χ0v) is 13.3. The van der Waals surface area contributed by atoms with Crippen molar-refractivity contribution in [3.8, 4) is 0 Å². The number of alkyl halides is 1. The van der Waals surface area contributed by atoms with Crippen LogP contribution in [0, 0.1) is 0 Å². The first kappa shape index (κ1) is 14.9. The van der Waals surface area contributed by atoms with E-state index >= 15 is 0 Å². The van der Waals surface area contributed by atoms with Gasteiger partial charge in [0.1, 0.15) is 0 Å². The van der Waals surface area contributed by atoms with Crippen molar-refractivity contribution in [1.82, 2.24) is 15.3 Å². The van der Waals surface area contributed by atoms with Crippen LogP contribution in [0.1, 0.15) is 37.0 Å². The summed E-state index contributed by atoms with van der Waals surface area (Å²) in [5.41, 5.74) is 1.94. The van der Waals surface area contributed by atoms with Crippen LogP contribution in [0.2, 0.25) is 0 Å². The van der Waals surface area contributed by atoms with Gasteiger partial charge in [0.2, 0.25) is 0 Å². The minimum Gasteiger partial charge on any atom is -0.346 e. The van der Waals surface area contributed by atoms with E-state index in [1.54, 1.807) is 24.5 Å². The zero-order chi connectivity index (χ0) is 14.6. The first-order valence-electron chi connectivity index (χ1n) is 6.73. The second-order valence-corrected chi connectivity index (χ2v) is 5.40. The Morgan fingerprint density at radius 3 is 2.45 bits per heavy atom. The van der Waals surface area contributed by atoms with E-state index in [-0.39, 0.29) is 11.4 Å². The van der Waals surface area contributed by atoms with Gasteiger partial charge in [0.15, 0.2) is 0 Å². The van der Waals surface area contributed by atoms with Gasteiger partial charge in [-0.15, -0.1) is 0 Å². The molecule has 1 aromatic heterocycles. The first-order chi connectivity index (χ1) is 9.64. The molecule has 0 bridgehead atoms. The molecule has 2 rings (SSSR count). The molecule has 1 heterocycles. The number of nitrogens with zero attached hydrogens (tertiary/aromatic N) is 2. The number of carbonyl (C=O) groups excluding carboxylic acids is 1. The monoisotopic (exact) mass is 335 g/mol. The standard InChI is InChI=1S/C15H18BrN3O/c1-3-15(4-2,10-16)19-14(20)11-5-6-12-13(9-11)18-8-7-17-12/h5-9H,3-4,10H2,1-2H3,(H,19,20). The van der Waals surface area contributed by atoms with Gasteiger partial charge in [-0.05, 0) is 31.0 Å². The van der Waals surface area contributed by atoms with E-state index in [9.17, 15) is 4.79 Å². The van der Waals surface area contributed by atoms with Gasteiger partial charge in [-0.1, -0.05) is 29.8 Å². The minimum absolute atomic E-state index is 0.0688. The molecule has 0 fully saturated rings. The molecule has 0 spiro atoms. The second-order valence-electron chi connectivity index (χ2n) is 4.84. The molecule has 1 aromatic carbocycles. The summed E-state index contributed by atoms with van der Waals surface area (Å²) in [6.07, 6.45) is 5.04. The fourth-order valence-electron chi connectivity index (χ4n) is 2.07. The quantitative estimate of drug-likeness (QED) is 0.853. The van der Waals surface area contributed by atoms with Gasteiger partial charge in [0, 0.05) is 28.8 Å². The minimum atomic E-state index is -0.200. The molecule has 106 valence electrons. The lowest BCUT2D eigenvalue weighted by atomic mass is 9.95. The van der Waals surface area contributed by atoms with Crippen molar-refractivity contribution < 1.29 is 4.79 Å². The van der Waals surface area contributed by atoms with Crippen molar-refractivity contribution >= 4 is 32.9 Å². The summed E-state index contributed by atoms with van der Waals surface area (Å²) in [7, 11) is 0. The third-order valence-corrected chi connectivity index (χ3v) is 4.79. The Kier molecular flexibility index (Phi) is 4.70. The molecule has 2 aromatic rings. The molecule has 0 saturated carbocycles. The van der Waals surface area contributed by atoms with E-state index in [0.717, 1.165) is 29.2 Å². The number of rotatable bonds is 5. The van der Waals surface area contributed by atoms with E-state index in [1.807, 2.05) is 6.07 Å². The Bertz CT molecular complexity index is 603. The summed E-state index contributed by atoms with van der Waals surface area (Å²) in [5.74, 6) is -0.0688. The van der Waals surface area contributed by atoms with Crippen molar-refractivity contribution in [2.45, 2.75) is 32.2 Å². The van der Waals surface area contributed by atoms with Gasteiger partial charge in [-0.2, -0.15) is 0 Å². The van der Waals surface area contributed by atoms with E-state index in [4.69, 9.17) is 0 Å². The van der Waals surface area contributed by atoms with Gasteiger partial charge in [-0.25, -0.2) is 0 Å². The van der Waals surface area contributed by atoms with Crippen molar-refractivity contribution in [3.05, 3.63) is 36.2 Å². The van der Waals surface area contributed by atoms with Crippen molar-refractivity contribution in [3.63, 3.8) is 0 Å². The molecule has 5 heteroatoms. The zero-order valence-electron chi connectivity index (χ0n) is 11.7. The lowest BCUT2D eigenvalue weighted by Gasteiger charge is -2.30. The molecule has 4 nitrogen and oxygen atoms in total. The second kappa shape index (κ2) is 6.31. The average Bonchev–Trinajstić information content (AvgIpc) is 2.52. The van der Waals surface area contributed by atoms with Crippen LogP contribution in [-0.2, 0) is 0 Å². The van der Waals surface area contributed by atoms with Crippen molar-refractivity contribution in [2.24, 2.45) is 0 Å². The summed E-state index contributed by atoms with van der Waals surface area (Å²) < 4.78 is 0. The molecule has 0 unspecified atom stereocenters. The van der Waals surface area contributed by atoms with Crippen LogP contribution in [0.5, 0.6) is 0 Å². The highest BCUT2D eigenvalue weighted by Gasteiger charge is 2.27. The molecular weight excluding hydrogens is 318 g/mol. The Balaban J connectivity index is 2.27. The largest absolute Gasteiger partial charge is 0.346 e. The van der Waals surface area contributed by atoms with Crippen LogP contribution in [0.3, 0.4) is 0 Å². The maximum atomic E-state index is 12.4. The van der Waals surface area contributed by atoms with E-state index < -0.39 is 0 Å². The Morgan fingerprint density at radius 2 is 1.85 bits per heavy atom. The van der Waals surface area contributed by atoms with Gasteiger partial charge in [0.25, 0.3) is 5.91 Å². The Hall–Kier alpha value is -1.49. The van der Waals surface area contributed by atoms with Crippen molar-refractivity contribution in [1.29, 1.82) is 0 Å².